The van der Waals surface area contributed by atoms with Gasteiger partial charge >= 0.3 is 0 Å². The first-order valence-corrected chi connectivity index (χ1v) is 9.37. The van der Waals surface area contributed by atoms with Crippen molar-refractivity contribution >= 4 is 5.91 Å². The number of amides is 1. The molecule has 1 aromatic carbocycles. The van der Waals surface area contributed by atoms with E-state index in [1.165, 1.54) is 0 Å². The van der Waals surface area contributed by atoms with Gasteiger partial charge in [0.15, 0.2) is 6.61 Å². The van der Waals surface area contributed by atoms with E-state index in [-0.39, 0.29) is 30.7 Å². The van der Waals surface area contributed by atoms with Crippen molar-refractivity contribution in [3.63, 3.8) is 0 Å². The fourth-order valence-electron chi connectivity index (χ4n) is 4.15. The molecule has 1 amide bonds. The minimum atomic E-state index is 0.0464. The molecule has 2 fully saturated rings. The predicted octanol–water partition coefficient (Wildman–Crippen LogP) is 3.07. The van der Waals surface area contributed by atoms with E-state index in [0.29, 0.717) is 11.5 Å². The maximum Gasteiger partial charge on any atom is 0.261 e. The largest absolute Gasteiger partial charge is 0.497 e. The van der Waals surface area contributed by atoms with Crippen LogP contribution in [0.1, 0.15) is 25.7 Å². The highest BCUT2D eigenvalue weighted by Crippen LogP contribution is 2.37. The Morgan fingerprint density at radius 3 is 2.56 bits per heavy atom. The number of methoxy groups -OCH3 is 1. The lowest BCUT2D eigenvalue weighted by atomic mass is 9.99. The molecule has 2 aliphatic rings. The van der Waals surface area contributed by atoms with Crippen molar-refractivity contribution in [3.05, 3.63) is 48.8 Å². The van der Waals surface area contributed by atoms with Crippen LogP contribution < -0.4 is 14.2 Å². The number of piperidine rings is 1. The SMILES string of the molecule is COc1cccc(OCC(=O)N2C3CCC2CC(Oc2cccnc2)C3)c1. The number of hydrogen-bond acceptors (Lipinski definition) is 5. The van der Waals surface area contributed by atoms with Crippen molar-refractivity contribution < 1.29 is 19.0 Å². The van der Waals surface area contributed by atoms with E-state index in [1.54, 1.807) is 25.6 Å². The zero-order valence-electron chi connectivity index (χ0n) is 15.4. The van der Waals surface area contributed by atoms with Gasteiger partial charge in [-0.05, 0) is 37.1 Å². The van der Waals surface area contributed by atoms with Gasteiger partial charge < -0.3 is 19.1 Å². The Morgan fingerprint density at radius 1 is 1.11 bits per heavy atom. The highest BCUT2D eigenvalue weighted by atomic mass is 16.5. The van der Waals surface area contributed by atoms with Gasteiger partial charge in [-0.2, -0.15) is 0 Å². The zero-order valence-corrected chi connectivity index (χ0v) is 15.4. The molecule has 0 saturated carbocycles. The van der Waals surface area contributed by atoms with Crippen LogP contribution in [0, 0.1) is 0 Å². The van der Waals surface area contributed by atoms with Crippen LogP contribution in [-0.2, 0) is 4.79 Å². The zero-order chi connectivity index (χ0) is 18.6. The van der Waals surface area contributed by atoms with Gasteiger partial charge in [0.25, 0.3) is 5.91 Å². The lowest BCUT2D eigenvalue weighted by Gasteiger charge is -2.38. The lowest BCUT2D eigenvalue weighted by Crippen LogP contribution is -2.50. The van der Waals surface area contributed by atoms with E-state index in [9.17, 15) is 4.79 Å². The molecule has 4 rings (SSSR count). The molecule has 6 nitrogen and oxygen atoms in total. The van der Waals surface area contributed by atoms with Crippen LogP contribution >= 0.6 is 0 Å². The number of carbonyl (C=O) groups is 1. The molecular weight excluding hydrogens is 344 g/mol. The van der Waals surface area contributed by atoms with Crippen molar-refractivity contribution in [2.45, 2.75) is 43.9 Å². The summed E-state index contributed by atoms with van der Waals surface area (Å²) in [4.78, 5) is 18.9. The second-order valence-electron chi connectivity index (χ2n) is 7.05. The number of ether oxygens (including phenoxy) is 3. The standard InChI is InChI=1S/C21H24N2O4/c1-25-17-4-2-5-18(12-17)26-14-21(24)23-15-7-8-16(23)11-20(10-15)27-19-6-3-9-22-13-19/h2-6,9,12-13,15-16,20H,7-8,10-11,14H2,1H3. The van der Waals surface area contributed by atoms with Gasteiger partial charge in [0.05, 0.1) is 13.3 Å². The van der Waals surface area contributed by atoms with Crippen LogP contribution in [0.5, 0.6) is 17.2 Å². The van der Waals surface area contributed by atoms with Gasteiger partial charge in [-0.25, -0.2) is 0 Å². The molecule has 3 heterocycles. The molecule has 2 saturated heterocycles. The number of fused-ring (bicyclic) bond motifs is 2. The Kier molecular flexibility index (Phi) is 5.14. The topological polar surface area (TPSA) is 60.9 Å². The first kappa shape index (κ1) is 17.6. The first-order chi connectivity index (χ1) is 13.2. The molecule has 27 heavy (non-hydrogen) atoms. The third-order valence-corrected chi connectivity index (χ3v) is 5.32. The van der Waals surface area contributed by atoms with E-state index < -0.39 is 0 Å². The maximum absolute atomic E-state index is 12.8. The second kappa shape index (κ2) is 7.86. The third kappa shape index (κ3) is 3.99. The average molecular weight is 368 g/mol. The summed E-state index contributed by atoms with van der Waals surface area (Å²) in [5, 5.41) is 0. The van der Waals surface area contributed by atoms with Crippen LogP contribution in [0.15, 0.2) is 48.8 Å². The quantitative estimate of drug-likeness (QED) is 0.784. The molecule has 6 heteroatoms. The number of carbonyl (C=O) groups excluding carboxylic acids is 1. The first-order valence-electron chi connectivity index (χ1n) is 9.37. The average Bonchev–Trinajstić information content (AvgIpc) is 2.98. The minimum absolute atomic E-state index is 0.0464. The van der Waals surface area contributed by atoms with Gasteiger partial charge in [-0.3, -0.25) is 9.78 Å². The Labute approximate surface area is 159 Å². The van der Waals surface area contributed by atoms with Crippen molar-refractivity contribution in [1.29, 1.82) is 0 Å². The van der Waals surface area contributed by atoms with Gasteiger partial charge in [0.2, 0.25) is 0 Å². The van der Waals surface area contributed by atoms with E-state index in [0.717, 1.165) is 31.4 Å². The van der Waals surface area contributed by atoms with Crippen LogP contribution in [0.2, 0.25) is 0 Å². The van der Waals surface area contributed by atoms with E-state index >= 15 is 0 Å². The lowest BCUT2D eigenvalue weighted by molar-refractivity contribution is -0.139. The molecule has 0 N–H and O–H groups in total. The summed E-state index contributed by atoms with van der Waals surface area (Å²) in [6.45, 7) is 0.0499. The third-order valence-electron chi connectivity index (χ3n) is 5.32. The molecule has 0 spiro atoms. The fraction of sp³-hybridized carbons (Fsp3) is 0.429. The smallest absolute Gasteiger partial charge is 0.261 e. The molecule has 2 atom stereocenters. The summed E-state index contributed by atoms with van der Waals surface area (Å²) in [6.07, 6.45) is 7.38. The number of rotatable bonds is 6. The molecule has 0 aliphatic carbocycles. The normalized spacial score (nSPS) is 23.7. The number of pyridine rings is 1. The molecule has 2 bridgehead atoms. The Bertz CT molecular complexity index is 769. The molecular formula is C21H24N2O4. The summed E-state index contributed by atoms with van der Waals surface area (Å²) in [7, 11) is 1.61. The van der Waals surface area contributed by atoms with Crippen LogP contribution in [0.3, 0.4) is 0 Å². The summed E-state index contributed by atoms with van der Waals surface area (Å²) < 4.78 is 17.0. The summed E-state index contributed by atoms with van der Waals surface area (Å²) in [5.74, 6) is 2.20. The maximum atomic E-state index is 12.8. The summed E-state index contributed by atoms with van der Waals surface area (Å²) in [6, 6.07) is 11.6. The van der Waals surface area contributed by atoms with Crippen LogP contribution in [0.25, 0.3) is 0 Å². The number of hydrogen-bond donors (Lipinski definition) is 0. The summed E-state index contributed by atoms with van der Waals surface area (Å²) in [5.41, 5.74) is 0. The molecule has 2 aromatic rings. The second-order valence-corrected chi connectivity index (χ2v) is 7.05. The van der Waals surface area contributed by atoms with Crippen molar-refractivity contribution in [3.8, 4) is 17.2 Å². The van der Waals surface area contributed by atoms with Gasteiger partial charge in [0, 0.05) is 37.2 Å². The number of nitrogens with zero attached hydrogens (tertiary/aromatic N) is 2. The van der Waals surface area contributed by atoms with Gasteiger partial charge in [0.1, 0.15) is 23.4 Å². The van der Waals surface area contributed by atoms with Crippen molar-refractivity contribution in [2.24, 2.45) is 0 Å². The highest BCUT2D eigenvalue weighted by Gasteiger charge is 2.44. The monoisotopic (exact) mass is 368 g/mol. The molecule has 142 valence electrons. The molecule has 1 aromatic heterocycles. The molecule has 2 aliphatic heterocycles. The highest BCUT2D eigenvalue weighted by molar-refractivity contribution is 5.79. The summed E-state index contributed by atoms with van der Waals surface area (Å²) >= 11 is 0. The van der Waals surface area contributed by atoms with Crippen molar-refractivity contribution in [2.75, 3.05) is 13.7 Å². The van der Waals surface area contributed by atoms with Crippen molar-refractivity contribution in [1.82, 2.24) is 9.88 Å². The van der Waals surface area contributed by atoms with Gasteiger partial charge in [-0.15, -0.1) is 0 Å². The van der Waals surface area contributed by atoms with E-state index in [1.807, 2.05) is 35.2 Å². The molecule has 2 unspecified atom stereocenters. The number of benzene rings is 1. The number of aromatic nitrogens is 1. The minimum Gasteiger partial charge on any atom is -0.497 e. The van der Waals surface area contributed by atoms with Gasteiger partial charge in [-0.1, -0.05) is 6.07 Å². The van der Waals surface area contributed by atoms with E-state index in [4.69, 9.17) is 14.2 Å². The van der Waals surface area contributed by atoms with E-state index in [2.05, 4.69) is 4.98 Å². The van der Waals surface area contributed by atoms with Crippen LogP contribution in [0.4, 0.5) is 0 Å². The molecule has 0 radical (unpaired) electrons. The predicted molar refractivity (Wildman–Crippen MR) is 100 cm³/mol. The Balaban J connectivity index is 1.34. The Hall–Kier alpha value is -2.76. The van der Waals surface area contributed by atoms with Crippen LogP contribution in [-0.4, -0.2) is 47.7 Å². The fourth-order valence-corrected chi connectivity index (χ4v) is 4.15. The Morgan fingerprint density at radius 2 is 1.85 bits per heavy atom.